The van der Waals surface area contributed by atoms with Crippen LogP contribution >= 0.6 is 0 Å². The van der Waals surface area contributed by atoms with E-state index in [4.69, 9.17) is 16.9 Å². The van der Waals surface area contributed by atoms with Crippen LogP contribution in [0.15, 0.2) is 24.3 Å². The predicted molar refractivity (Wildman–Crippen MR) is 64.2 cm³/mol. The molecular formula is C9H14N4O4S. The van der Waals surface area contributed by atoms with Crippen molar-refractivity contribution in [3.63, 3.8) is 0 Å². The molecule has 0 aliphatic heterocycles. The van der Waals surface area contributed by atoms with Crippen LogP contribution in [-0.2, 0) is 32.0 Å². The first-order valence-electron chi connectivity index (χ1n) is 4.88. The lowest BCUT2D eigenvalue weighted by Crippen LogP contribution is -2.33. The molecule has 1 aromatic rings. The van der Waals surface area contributed by atoms with Gasteiger partial charge in [0.2, 0.25) is 5.96 Å². The standard InChI is InChI=1S/C9H14N4O4S/c10-5-7-1-3-8(4-2-7)6-16-18(14,15)17-13-9(11)12/h1-4H,5-6,10H2,(H4,11,12,13). The Labute approximate surface area is 105 Å². The molecule has 0 spiro atoms. The molecule has 0 radical (unpaired) electrons. The van der Waals surface area contributed by atoms with E-state index < -0.39 is 16.4 Å². The molecule has 0 fully saturated rings. The maximum absolute atomic E-state index is 11.2. The number of guanidine groups is 1. The van der Waals surface area contributed by atoms with Gasteiger partial charge in [0.25, 0.3) is 0 Å². The van der Waals surface area contributed by atoms with Crippen molar-refractivity contribution >= 4 is 16.4 Å². The molecule has 0 aliphatic carbocycles. The van der Waals surface area contributed by atoms with Crippen LogP contribution in [0.2, 0.25) is 0 Å². The van der Waals surface area contributed by atoms with Gasteiger partial charge in [-0.1, -0.05) is 24.3 Å². The van der Waals surface area contributed by atoms with Crippen molar-refractivity contribution in [2.24, 2.45) is 11.5 Å². The molecule has 0 amide bonds. The van der Waals surface area contributed by atoms with E-state index in [1.54, 1.807) is 29.7 Å². The molecular weight excluding hydrogens is 260 g/mol. The van der Waals surface area contributed by atoms with Gasteiger partial charge in [0.15, 0.2) is 0 Å². The second-order valence-corrected chi connectivity index (χ2v) is 4.51. The first-order chi connectivity index (χ1) is 8.43. The van der Waals surface area contributed by atoms with Crippen LogP contribution < -0.4 is 16.9 Å². The lowest BCUT2D eigenvalue weighted by Gasteiger charge is -2.06. The number of benzene rings is 1. The Kier molecular flexibility index (Phi) is 5.04. The highest BCUT2D eigenvalue weighted by Gasteiger charge is 2.13. The van der Waals surface area contributed by atoms with E-state index in [0.717, 1.165) is 5.56 Å². The highest BCUT2D eigenvalue weighted by Crippen LogP contribution is 2.07. The largest absolute Gasteiger partial charge is 0.421 e. The minimum atomic E-state index is -4.25. The Balaban J connectivity index is 2.50. The fraction of sp³-hybridized carbons (Fsp3) is 0.222. The van der Waals surface area contributed by atoms with E-state index >= 15 is 0 Å². The summed E-state index contributed by atoms with van der Waals surface area (Å²) in [6, 6.07) is 6.91. The van der Waals surface area contributed by atoms with E-state index in [1.165, 1.54) is 0 Å². The van der Waals surface area contributed by atoms with E-state index in [-0.39, 0.29) is 6.61 Å². The summed E-state index contributed by atoms with van der Waals surface area (Å²) in [6.45, 7) is 0.220. The predicted octanol–water partition coefficient (Wildman–Crippen LogP) is -0.679. The molecule has 0 saturated heterocycles. The number of hydrogen-bond acceptors (Lipinski definition) is 6. The van der Waals surface area contributed by atoms with Crippen molar-refractivity contribution in [2.75, 3.05) is 0 Å². The topological polar surface area (TPSA) is 141 Å². The quantitative estimate of drug-likeness (QED) is 0.306. The van der Waals surface area contributed by atoms with Gasteiger partial charge in [0.05, 0.1) is 6.61 Å². The average Bonchev–Trinajstić information content (AvgIpc) is 2.35. The lowest BCUT2D eigenvalue weighted by atomic mass is 10.1. The SMILES string of the molecule is N=C(N)NOS(=O)(=O)OCc1ccc(CN)cc1. The van der Waals surface area contributed by atoms with Crippen molar-refractivity contribution in [2.45, 2.75) is 13.2 Å². The summed E-state index contributed by atoms with van der Waals surface area (Å²) < 4.78 is 30.9. The van der Waals surface area contributed by atoms with Crippen molar-refractivity contribution < 1.29 is 16.9 Å². The second-order valence-electron chi connectivity index (χ2n) is 3.29. The van der Waals surface area contributed by atoms with Crippen LogP contribution in [0.25, 0.3) is 0 Å². The second kappa shape index (κ2) is 6.31. The number of hydrogen-bond donors (Lipinski definition) is 4. The van der Waals surface area contributed by atoms with Crippen LogP contribution in [0.3, 0.4) is 0 Å². The van der Waals surface area contributed by atoms with Crippen LogP contribution in [0.4, 0.5) is 0 Å². The van der Waals surface area contributed by atoms with E-state index in [9.17, 15) is 8.42 Å². The highest BCUT2D eigenvalue weighted by molar-refractivity contribution is 7.81. The number of rotatable bonds is 6. The molecule has 0 aliphatic rings. The van der Waals surface area contributed by atoms with Crippen LogP contribution in [-0.4, -0.2) is 14.4 Å². The zero-order valence-corrected chi connectivity index (χ0v) is 10.2. The molecule has 0 saturated carbocycles. The molecule has 8 nitrogen and oxygen atoms in total. The molecule has 0 atom stereocenters. The monoisotopic (exact) mass is 274 g/mol. The fourth-order valence-corrected chi connectivity index (χ4v) is 1.55. The molecule has 0 aromatic heterocycles. The Bertz CT molecular complexity index is 500. The van der Waals surface area contributed by atoms with E-state index in [0.29, 0.717) is 12.1 Å². The number of hydroxylamine groups is 1. The third-order valence-electron chi connectivity index (χ3n) is 1.88. The molecule has 0 bridgehead atoms. The zero-order chi connectivity index (χ0) is 13.6. The van der Waals surface area contributed by atoms with E-state index in [2.05, 4.69) is 8.47 Å². The normalized spacial score (nSPS) is 11.2. The van der Waals surface area contributed by atoms with Gasteiger partial charge in [0, 0.05) is 6.54 Å². The Morgan fingerprint density at radius 3 is 2.33 bits per heavy atom. The maximum atomic E-state index is 11.2. The Hall–Kier alpha value is -1.68. The summed E-state index contributed by atoms with van der Waals surface area (Å²) in [5.41, 5.74) is 13.5. The summed E-state index contributed by atoms with van der Waals surface area (Å²) in [5.74, 6) is -0.644. The number of nitrogens with one attached hydrogen (secondary N) is 2. The third kappa shape index (κ3) is 5.10. The molecule has 6 N–H and O–H groups in total. The summed E-state index contributed by atoms with van der Waals surface area (Å²) in [6.07, 6.45) is 0. The summed E-state index contributed by atoms with van der Waals surface area (Å²) in [4.78, 5) is 0. The van der Waals surface area contributed by atoms with Gasteiger partial charge < -0.3 is 11.5 Å². The molecule has 0 heterocycles. The smallest absolute Gasteiger partial charge is 0.368 e. The van der Waals surface area contributed by atoms with Gasteiger partial charge in [0.1, 0.15) is 0 Å². The highest BCUT2D eigenvalue weighted by atomic mass is 32.3. The van der Waals surface area contributed by atoms with Gasteiger partial charge in [-0.3, -0.25) is 5.41 Å². The molecule has 1 aromatic carbocycles. The number of nitrogens with two attached hydrogens (primary N) is 2. The summed E-state index contributed by atoms with van der Waals surface area (Å²) >= 11 is 0. The summed E-state index contributed by atoms with van der Waals surface area (Å²) in [5, 5.41) is 6.73. The fourth-order valence-electron chi connectivity index (χ4n) is 1.03. The van der Waals surface area contributed by atoms with Crippen LogP contribution in [0.1, 0.15) is 11.1 Å². The molecule has 9 heteroatoms. The minimum Gasteiger partial charge on any atom is -0.368 e. The average molecular weight is 274 g/mol. The summed E-state index contributed by atoms with van der Waals surface area (Å²) in [7, 11) is -4.25. The van der Waals surface area contributed by atoms with Crippen molar-refractivity contribution in [1.29, 1.82) is 5.41 Å². The van der Waals surface area contributed by atoms with Gasteiger partial charge >= 0.3 is 10.4 Å². The lowest BCUT2D eigenvalue weighted by molar-refractivity contribution is 0.180. The molecule has 1 rings (SSSR count). The van der Waals surface area contributed by atoms with Gasteiger partial charge in [-0.05, 0) is 11.1 Å². The van der Waals surface area contributed by atoms with Crippen LogP contribution in [0, 0.1) is 5.41 Å². The molecule has 0 unspecified atom stereocenters. The zero-order valence-electron chi connectivity index (χ0n) is 9.42. The van der Waals surface area contributed by atoms with Crippen molar-refractivity contribution in [1.82, 2.24) is 5.48 Å². The van der Waals surface area contributed by atoms with Gasteiger partial charge in [-0.25, -0.2) is 9.66 Å². The third-order valence-corrected chi connectivity index (χ3v) is 2.58. The first kappa shape index (κ1) is 14.4. The Morgan fingerprint density at radius 1 is 1.28 bits per heavy atom. The van der Waals surface area contributed by atoms with Crippen molar-refractivity contribution in [3.8, 4) is 0 Å². The molecule has 100 valence electrons. The van der Waals surface area contributed by atoms with E-state index in [1.807, 2.05) is 0 Å². The van der Waals surface area contributed by atoms with Crippen LogP contribution in [0.5, 0.6) is 0 Å². The van der Waals surface area contributed by atoms with Gasteiger partial charge in [-0.2, -0.15) is 8.42 Å². The Morgan fingerprint density at radius 2 is 1.83 bits per heavy atom. The first-order valence-corrected chi connectivity index (χ1v) is 6.22. The van der Waals surface area contributed by atoms with Crippen molar-refractivity contribution in [3.05, 3.63) is 35.4 Å². The molecule has 18 heavy (non-hydrogen) atoms. The minimum absolute atomic E-state index is 0.188. The maximum Gasteiger partial charge on any atom is 0.421 e. The van der Waals surface area contributed by atoms with Gasteiger partial charge in [-0.15, -0.1) is 4.28 Å².